The number of piperazine rings is 1. The fourth-order valence-electron chi connectivity index (χ4n) is 3.42. The lowest BCUT2D eigenvalue weighted by atomic mass is 10.1. The molecule has 1 amide bonds. The number of nitrogens with one attached hydrogen (secondary N) is 1. The highest BCUT2D eigenvalue weighted by Gasteiger charge is 2.20. The molecule has 1 aliphatic heterocycles. The predicted molar refractivity (Wildman–Crippen MR) is 112 cm³/mol. The number of para-hydroxylation sites is 1. The van der Waals surface area contributed by atoms with Crippen molar-refractivity contribution >= 4 is 5.91 Å². The van der Waals surface area contributed by atoms with Crippen LogP contribution in [0.3, 0.4) is 0 Å². The van der Waals surface area contributed by atoms with E-state index in [1.807, 2.05) is 18.2 Å². The molecule has 1 fully saturated rings. The van der Waals surface area contributed by atoms with Crippen LogP contribution in [0.25, 0.3) is 0 Å². The summed E-state index contributed by atoms with van der Waals surface area (Å²) in [5.41, 5.74) is 1.57. The van der Waals surface area contributed by atoms with E-state index in [1.165, 1.54) is 11.8 Å². The minimum atomic E-state index is -0.165. The average molecular weight is 401 g/mol. The lowest BCUT2D eigenvalue weighted by Crippen LogP contribution is -2.45. The molecule has 2 heterocycles. The van der Waals surface area contributed by atoms with Gasteiger partial charge in [0, 0.05) is 44.8 Å². The van der Waals surface area contributed by atoms with Gasteiger partial charge < -0.3 is 14.5 Å². The number of oxazole rings is 1. The molecule has 1 aromatic heterocycles. The summed E-state index contributed by atoms with van der Waals surface area (Å²) in [6.45, 7) is 10.3. The molecule has 0 radical (unpaired) electrons. The van der Waals surface area contributed by atoms with E-state index in [0.717, 1.165) is 44.9 Å². The van der Waals surface area contributed by atoms with Gasteiger partial charge in [-0.3, -0.25) is 14.6 Å². The Bertz CT molecular complexity index is 782. The average Bonchev–Trinajstić information content (AvgIpc) is 3.18. The highest BCUT2D eigenvalue weighted by molar-refractivity contribution is 5.91. The monoisotopic (exact) mass is 400 g/mol. The van der Waals surface area contributed by atoms with E-state index in [-0.39, 0.29) is 5.91 Å². The molecular formula is C22H32N4O3. The summed E-state index contributed by atoms with van der Waals surface area (Å²) in [4.78, 5) is 21.2. The molecule has 7 heteroatoms. The summed E-state index contributed by atoms with van der Waals surface area (Å²) in [7, 11) is 1.71. The number of methoxy groups -OCH3 is 1. The van der Waals surface area contributed by atoms with E-state index < -0.39 is 0 Å². The van der Waals surface area contributed by atoms with Gasteiger partial charge >= 0.3 is 0 Å². The molecule has 1 aliphatic rings. The first kappa shape index (κ1) is 21.3. The second-order valence-electron chi connectivity index (χ2n) is 7.93. The third kappa shape index (κ3) is 6.30. The van der Waals surface area contributed by atoms with Gasteiger partial charge in [-0.2, -0.15) is 0 Å². The molecule has 0 bridgehead atoms. The van der Waals surface area contributed by atoms with Crippen molar-refractivity contribution < 1.29 is 13.9 Å². The second-order valence-corrected chi connectivity index (χ2v) is 7.93. The molecular weight excluding hydrogens is 368 g/mol. The standard InChI is InChI=1S/C22H32N4O3/c1-17(2)8-9-23-22(27)19-16-29-21(24-19)15-26-12-10-25(11-13-26)14-18-6-4-5-7-20(18)28-3/h4-7,16-17H,8-15H2,1-3H3,(H,23,27). The van der Waals surface area contributed by atoms with Crippen LogP contribution in [0, 0.1) is 5.92 Å². The molecule has 1 N–H and O–H groups in total. The second kappa shape index (κ2) is 10.4. The third-order valence-electron chi connectivity index (χ3n) is 5.20. The first-order valence-corrected chi connectivity index (χ1v) is 10.3. The number of aromatic nitrogens is 1. The number of carbonyl (C=O) groups is 1. The number of rotatable bonds is 9. The number of amides is 1. The topological polar surface area (TPSA) is 70.8 Å². The zero-order valence-corrected chi connectivity index (χ0v) is 17.7. The van der Waals surface area contributed by atoms with Crippen LogP contribution in [0.5, 0.6) is 5.75 Å². The van der Waals surface area contributed by atoms with Gasteiger partial charge in [0.05, 0.1) is 13.7 Å². The maximum atomic E-state index is 12.1. The van der Waals surface area contributed by atoms with Crippen LogP contribution < -0.4 is 10.1 Å². The third-order valence-corrected chi connectivity index (χ3v) is 5.20. The van der Waals surface area contributed by atoms with Crippen LogP contribution in [-0.2, 0) is 13.1 Å². The van der Waals surface area contributed by atoms with E-state index in [4.69, 9.17) is 9.15 Å². The summed E-state index contributed by atoms with van der Waals surface area (Å²) in [5, 5.41) is 2.89. The molecule has 3 rings (SSSR count). The fraction of sp³-hybridized carbons (Fsp3) is 0.545. The van der Waals surface area contributed by atoms with Crippen molar-refractivity contribution in [3.8, 4) is 5.75 Å². The van der Waals surface area contributed by atoms with Crippen molar-refractivity contribution in [2.24, 2.45) is 5.92 Å². The van der Waals surface area contributed by atoms with Crippen LogP contribution in [0.4, 0.5) is 0 Å². The summed E-state index contributed by atoms with van der Waals surface area (Å²) < 4.78 is 11.0. The summed E-state index contributed by atoms with van der Waals surface area (Å²) in [5.74, 6) is 1.93. The molecule has 7 nitrogen and oxygen atoms in total. The lowest BCUT2D eigenvalue weighted by Gasteiger charge is -2.34. The number of hydrogen-bond acceptors (Lipinski definition) is 6. The van der Waals surface area contributed by atoms with Gasteiger partial charge in [0.15, 0.2) is 5.69 Å². The molecule has 158 valence electrons. The SMILES string of the molecule is COc1ccccc1CN1CCN(Cc2nc(C(=O)NCCC(C)C)co2)CC1. The van der Waals surface area contributed by atoms with Gasteiger partial charge in [-0.05, 0) is 18.4 Å². The van der Waals surface area contributed by atoms with Crippen LogP contribution in [0.15, 0.2) is 34.9 Å². The highest BCUT2D eigenvalue weighted by atomic mass is 16.5. The van der Waals surface area contributed by atoms with Crippen molar-refractivity contribution in [3.05, 3.63) is 47.7 Å². The van der Waals surface area contributed by atoms with E-state index in [2.05, 4.69) is 40.0 Å². The number of ether oxygens (including phenoxy) is 1. The first-order valence-electron chi connectivity index (χ1n) is 10.3. The van der Waals surface area contributed by atoms with Crippen molar-refractivity contribution in [3.63, 3.8) is 0 Å². The van der Waals surface area contributed by atoms with Crippen LogP contribution >= 0.6 is 0 Å². The maximum absolute atomic E-state index is 12.1. The molecule has 0 aliphatic carbocycles. The Morgan fingerprint density at radius 2 is 1.86 bits per heavy atom. The Kier molecular flexibility index (Phi) is 7.66. The van der Waals surface area contributed by atoms with Crippen LogP contribution in [0.1, 0.15) is 42.2 Å². The Morgan fingerprint density at radius 1 is 1.17 bits per heavy atom. The Hall–Kier alpha value is -2.38. The molecule has 29 heavy (non-hydrogen) atoms. The van der Waals surface area contributed by atoms with Crippen molar-refractivity contribution in [2.75, 3.05) is 39.8 Å². The van der Waals surface area contributed by atoms with Gasteiger partial charge in [-0.25, -0.2) is 4.98 Å². The Labute approximate surface area is 173 Å². The van der Waals surface area contributed by atoms with Crippen molar-refractivity contribution in [1.29, 1.82) is 0 Å². The van der Waals surface area contributed by atoms with Gasteiger partial charge in [-0.15, -0.1) is 0 Å². The molecule has 0 atom stereocenters. The van der Waals surface area contributed by atoms with E-state index in [1.54, 1.807) is 7.11 Å². The minimum Gasteiger partial charge on any atom is -0.496 e. The number of carbonyl (C=O) groups excluding carboxylic acids is 1. The van der Waals surface area contributed by atoms with E-state index in [9.17, 15) is 4.79 Å². The Balaban J connectivity index is 1.44. The molecule has 0 unspecified atom stereocenters. The van der Waals surface area contributed by atoms with Gasteiger partial charge in [0.1, 0.15) is 12.0 Å². The zero-order valence-electron chi connectivity index (χ0n) is 17.7. The van der Waals surface area contributed by atoms with Crippen molar-refractivity contribution in [2.45, 2.75) is 33.4 Å². The molecule has 0 spiro atoms. The van der Waals surface area contributed by atoms with Crippen molar-refractivity contribution in [1.82, 2.24) is 20.1 Å². The van der Waals surface area contributed by atoms with Gasteiger partial charge in [-0.1, -0.05) is 32.0 Å². The molecule has 0 saturated carbocycles. The summed E-state index contributed by atoms with van der Waals surface area (Å²) in [6, 6.07) is 8.17. The number of benzene rings is 1. The fourth-order valence-corrected chi connectivity index (χ4v) is 3.42. The quantitative estimate of drug-likeness (QED) is 0.698. The summed E-state index contributed by atoms with van der Waals surface area (Å²) >= 11 is 0. The van der Waals surface area contributed by atoms with E-state index in [0.29, 0.717) is 30.6 Å². The highest BCUT2D eigenvalue weighted by Crippen LogP contribution is 2.20. The molecule has 1 aromatic carbocycles. The number of nitrogens with zero attached hydrogens (tertiary/aromatic N) is 3. The molecule has 1 saturated heterocycles. The largest absolute Gasteiger partial charge is 0.496 e. The smallest absolute Gasteiger partial charge is 0.273 e. The normalized spacial score (nSPS) is 15.6. The molecule has 2 aromatic rings. The van der Waals surface area contributed by atoms with Gasteiger partial charge in [0.25, 0.3) is 5.91 Å². The minimum absolute atomic E-state index is 0.165. The maximum Gasteiger partial charge on any atom is 0.273 e. The zero-order chi connectivity index (χ0) is 20.6. The number of hydrogen-bond donors (Lipinski definition) is 1. The van der Waals surface area contributed by atoms with Gasteiger partial charge in [0.2, 0.25) is 5.89 Å². The summed E-state index contributed by atoms with van der Waals surface area (Å²) in [6.07, 6.45) is 2.41. The first-order chi connectivity index (χ1) is 14.0. The van der Waals surface area contributed by atoms with E-state index >= 15 is 0 Å². The van der Waals surface area contributed by atoms with Crippen LogP contribution in [0.2, 0.25) is 0 Å². The Morgan fingerprint density at radius 3 is 2.55 bits per heavy atom. The lowest BCUT2D eigenvalue weighted by molar-refractivity contribution is 0.0946. The van der Waals surface area contributed by atoms with Crippen LogP contribution in [-0.4, -0.2) is 60.5 Å². The predicted octanol–water partition coefficient (Wildman–Crippen LogP) is 2.78.